The molecule has 0 aliphatic carbocycles. The van der Waals surface area contributed by atoms with E-state index in [4.69, 9.17) is 10.5 Å². The van der Waals surface area contributed by atoms with E-state index in [0.717, 1.165) is 26.3 Å². The van der Waals surface area contributed by atoms with Gasteiger partial charge in [0.2, 0.25) is 10.0 Å². The molecule has 1 N–H and O–H groups in total. The highest BCUT2D eigenvalue weighted by molar-refractivity contribution is 7.89. The van der Waals surface area contributed by atoms with E-state index in [1.807, 2.05) is 60.0 Å². The predicted octanol–water partition coefficient (Wildman–Crippen LogP) is 5.03. The van der Waals surface area contributed by atoms with Gasteiger partial charge >= 0.3 is 0 Å². The molecule has 10 heteroatoms. The molecule has 36 heavy (non-hydrogen) atoms. The molecule has 0 saturated carbocycles. The van der Waals surface area contributed by atoms with Gasteiger partial charge in [-0.05, 0) is 35.0 Å². The van der Waals surface area contributed by atoms with Crippen molar-refractivity contribution >= 4 is 43.2 Å². The zero-order chi connectivity index (χ0) is 25.5. The van der Waals surface area contributed by atoms with Crippen LogP contribution in [-0.2, 0) is 10.0 Å². The van der Waals surface area contributed by atoms with Crippen molar-refractivity contribution in [3.63, 3.8) is 0 Å². The Hall–Kier alpha value is -4.09. The van der Waals surface area contributed by atoms with Crippen molar-refractivity contribution in [1.29, 1.82) is 10.5 Å². The molecule has 0 fully saturated rings. The molecule has 0 saturated heterocycles. The fourth-order valence-corrected chi connectivity index (χ4v) is 5.85. The number of anilines is 1. The molecule has 1 aromatic heterocycles. The quantitative estimate of drug-likeness (QED) is 0.333. The van der Waals surface area contributed by atoms with Crippen LogP contribution in [0.15, 0.2) is 77.0 Å². The summed E-state index contributed by atoms with van der Waals surface area (Å²) in [6.07, 6.45) is 0.0272. The molecule has 1 heterocycles. The lowest BCUT2D eigenvalue weighted by molar-refractivity contribution is 0.102. The van der Waals surface area contributed by atoms with Crippen molar-refractivity contribution in [1.82, 2.24) is 9.29 Å². The summed E-state index contributed by atoms with van der Waals surface area (Å²) in [6, 6.07) is 23.4. The Labute approximate surface area is 213 Å². The molecule has 0 radical (unpaired) electrons. The number of rotatable bonds is 9. The number of nitriles is 2. The van der Waals surface area contributed by atoms with Crippen molar-refractivity contribution < 1.29 is 13.2 Å². The molecule has 0 bridgehead atoms. The van der Waals surface area contributed by atoms with Crippen molar-refractivity contribution in [3.05, 3.63) is 77.7 Å². The van der Waals surface area contributed by atoms with E-state index in [-0.39, 0.29) is 36.4 Å². The maximum Gasteiger partial charge on any atom is 0.257 e. The van der Waals surface area contributed by atoms with Gasteiger partial charge in [0.25, 0.3) is 5.91 Å². The average Bonchev–Trinajstić information content (AvgIpc) is 3.36. The number of fused-ring (bicyclic) bond motifs is 1. The van der Waals surface area contributed by atoms with E-state index in [9.17, 15) is 13.2 Å². The topological polar surface area (TPSA) is 127 Å². The summed E-state index contributed by atoms with van der Waals surface area (Å²) in [7, 11) is -3.90. The molecule has 1 amide bonds. The third kappa shape index (κ3) is 5.42. The van der Waals surface area contributed by atoms with Crippen LogP contribution in [0.5, 0.6) is 0 Å². The Bertz CT molecular complexity index is 1560. The molecular formula is C26H21N5O3S2. The second kappa shape index (κ2) is 11.1. The fourth-order valence-electron chi connectivity index (χ4n) is 3.70. The summed E-state index contributed by atoms with van der Waals surface area (Å²) >= 11 is 1.30. The summed E-state index contributed by atoms with van der Waals surface area (Å²) in [4.78, 5) is 17.3. The number of aromatic nitrogens is 1. The second-order valence-electron chi connectivity index (χ2n) is 7.76. The number of nitrogens with zero attached hydrogens (tertiary/aromatic N) is 4. The molecule has 180 valence electrons. The van der Waals surface area contributed by atoms with Crippen LogP contribution in [0.1, 0.15) is 23.2 Å². The minimum atomic E-state index is -3.90. The predicted molar refractivity (Wildman–Crippen MR) is 139 cm³/mol. The van der Waals surface area contributed by atoms with Crippen LogP contribution >= 0.6 is 11.3 Å². The molecule has 0 unspecified atom stereocenters. The van der Waals surface area contributed by atoms with Gasteiger partial charge in [-0.25, -0.2) is 13.4 Å². The lowest BCUT2D eigenvalue weighted by Gasteiger charge is -2.20. The average molecular weight is 516 g/mol. The largest absolute Gasteiger partial charge is 0.298 e. The third-order valence-electron chi connectivity index (χ3n) is 5.49. The van der Waals surface area contributed by atoms with Gasteiger partial charge in [-0.15, -0.1) is 11.3 Å². The molecule has 4 aromatic rings. The number of hydrogen-bond acceptors (Lipinski definition) is 7. The van der Waals surface area contributed by atoms with Gasteiger partial charge in [-0.3, -0.25) is 10.1 Å². The van der Waals surface area contributed by atoms with E-state index in [2.05, 4.69) is 10.3 Å². The summed E-state index contributed by atoms with van der Waals surface area (Å²) in [5.74, 6) is -0.413. The zero-order valence-electron chi connectivity index (χ0n) is 19.1. The molecule has 0 aliphatic rings. The molecule has 8 nitrogen and oxygen atoms in total. The van der Waals surface area contributed by atoms with E-state index >= 15 is 0 Å². The van der Waals surface area contributed by atoms with Crippen molar-refractivity contribution in [3.8, 4) is 23.4 Å². The highest BCUT2D eigenvalue weighted by Crippen LogP contribution is 2.31. The standard InChI is InChI=1S/C26H21N5O3S2/c27-14-4-16-31(17-5-15-28)36(33,34)21-12-10-20(11-13-21)25(32)30-26-29-24(18-35-26)23-9-3-7-19-6-1-2-8-22(19)23/h1-3,6-13,18H,4-5,16-17H2,(H,29,30,32). The maximum atomic E-state index is 12.9. The normalized spacial score (nSPS) is 11.2. The van der Waals surface area contributed by atoms with Gasteiger partial charge in [0.1, 0.15) is 0 Å². The number of nitrogens with one attached hydrogen (secondary N) is 1. The Morgan fingerprint density at radius 2 is 1.61 bits per heavy atom. The minimum absolute atomic E-state index is 0.00810. The zero-order valence-corrected chi connectivity index (χ0v) is 20.7. The lowest BCUT2D eigenvalue weighted by Crippen LogP contribution is -2.32. The number of thiazole rings is 1. The number of carbonyl (C=O) groups excluding carboxylic acids is 1. The van der Waals surface area contributed by atoms with E-state index in [1.54, 1.807) is 0 Å². The van der Waals surface area contributed by atoms with Crippen LogP contribution in [0.2, 0.25) is 0 Å². The first kappa shape index (κ1) is 25.0. The van der Waals surface area contributed by atoms with Crippen LogP contribution in [0, 0.1) is 22.7 Å². The number of sulfonamides is 1. The summed E-state index contributed by atoms with van der Waals surface area (Å²) < 4.78 is 27.0. The van der Waals surface area contributed by atoms with Gasteiger partial charge in [-0.2, -0.15) is 14.8 Å². The SMILES string of the molecule is N#CCCN(CCC#N)S(=O)(=O)c1ccc(C(=O)Nc2nc(-c3cccc4ccccc34)cs2)cc1. The van der Waals surface area contributed by atoms with Crippen LogP contribution < -0.4 is 5.32 Å². The van der Waals surface area contributed by atoms with Gasteiger partial charge in [0, 0.05) is 42.4 Å². The van der Waals surface area contributed by atoms with Crippen LogP contribution in [0.25, 0.3) is 22.0 Å². The molecule has 0 aliphatic heterocycles. The first-order chi connectivity index (χ1) is 17.4. The smallest absolute Gasteiger partial charge is 0.257 e. The molecular weight excluding hydrogens is 494 g/mol. The van der Waals surface area contributed by atoms with Crippen molar-refractivity contribution in [2.45, 2.75) is 17.7 Å². The Morgan fingerprint density at radius 1 is 0.944 bits per heavy atom. The monoisotopic (exact) mass is 515 g/mol. The van der Waals surface area contributed by atoms with Crippen molar-refractivity contribution in [2.75, 3.05) is 18.4 Å². The van der Waals surface area contributed by atoms with Crippen molar-refractivity contribution in [2.24, 2.45) is 0 Å². The maximum absolute atomic E-state index is 12.9. The number of carbonyl (C=O) groups is 1. The third-order valence-corrected chi connectivity index (χ3v) is 8.16. The molecule has 0 spiro atoms. The van der Waals surface area contributed by atoms with Gasteiger partial charge in [0.15, 0.2) is 5.13 Å². The summed E-state index contributed by atoms with van der Waals surface area (Å²) in [5, 5.41) is 24.9. The van der Waals surface area contributed by atoms with Crippen LogP contribution in [0.4, 0.5) is 5.13 Å². The summed E-state index contributed by atoms with van der Waals surface area (Å²) in [5.41, 5.74) is 2.00. The lowest BCUT2D eigenvalue weighted by atomic mass is 10.0. The highest BCUT2D eigenvalue weighted by atomic mass is 32.2. The van der Waals surface area contributed by atoms with E-state index in [0.29, 0.717) is 5.13 Å². The van der Waals surface area contributed by atoms with E-state index in [1.165, 1.54) is 35.6 Å². The number of benzene rings is 3. The Morgan fingerprint density at radius 3 is 2.31 bits per heavy atom. The van der Waals surface area contributed by atoms with E-state index < -0.39 is 15.9 Å². The minimum Gasteiger partial charge on any atom is -0.298 e. The first-order valence-electron chi connectivity index (χ1n) is 11.0. The van der Waals surface area contributed by atoms with Gasteiger partial charge < -0.3 is 0 Å². The first-order valence-corrected chi connectivity index (χ1v) is 13.3. The number of amides is 1. The van der Waals surface area contributed by atoms with Crippen LogP contribution in [-0.4, -0.2) is 36.7 Å². The Kier molecular flexibility index (Phi) is 7.71. The van der Waals surface area contributed by atoms with Gasteiger partial charge in [-0.1, -0.05) is 42.5 Å². The highest BCUT2D eigenvalue weighted by Gasteiger charge is 2.24. The molecule has 3 aromatic carbocycles. The van der Waals surface area contributed by atoms with Gasteiger partial charge in [0.05, 0.1) is 22.7 Å². The van der Waals surface area contributed by atoms with Crippen LogP contribution in [0.3, 0.4) is 0 Å². The molecule has 4 rings (SSSR count). The fraction of sp³-hybridized carbons (Fsp3) is 0.154. The second-order valence-corrected chi connectivity index (χ2v) is 10.6. The Balaban J connectivity index is 1.49. The molecule has 0 atom stereocenters. The number of hydrogen-bond donors (Lipinski definition) is 1. The summed E-state index contributed by atoms with van der Waals surface area (Å²) in [6.45, 7) is -0.0162.